The second-order valence-electron chi connectivity index (χ2n) is 8.36. The molecular weight excluding hydrogens is 378 g/mol. The minimum atomic E-state index is -0.262. The fourth-order valence-electron chi connectivity index (χ4n) is 5.17. The van der Waals surface area contributed by atoms with Crippen molar-refractivity contribution in [1.29, 1.82) is 0 Å². The molecular formula is C24H27N3O3. The molecule has 1 N–H and O–H groups in total. The van der Waals surface area contributed by atoms with Crippen molar-refractivity contribution in [2.75, 3.05) is 31.6 Å². The number of carbonyl (C=O) groups excluding carboxylic acids is 2. The van der Waals surface area contributed by atoms with Gasteiger partial charge in [0.1, 0.15) is 5.75 Å². The monoisotopic (exact) mass is 405 g/mol. The summed E-state index contributed by atoms with van der Waals surface area (Å²) in [4.78, 5) is 30.9. The quantitative estimate of drug-likeness (QED) is 0.828. The van der Waals surface area contributed by atoms with Gasteiger partial charge in [-0.25, -0.2) is 0 Å². The van der Waals surface area contributed by atoms with Gasteiger partial charge in [-0.3, -0.25) is 9.59 Å². The van der Waals surface area contributed by atoms with E-state index in [-0.39, 0.29) is 17.9 Å². The van der Waals surface area contributed by atoms with Crippen LogP contribution in [0.3, 0.4) is 0 Å². The van der Waals surface area contributed by atoms with Crippen LogP contribution in [0, 0.1) is 5.92 Å². The highest BCUT2D eigenvalue weighted by molar-refractivity contribution is 6.11. The molecule has 3 fully saturated rings. The van der Waals surface area contributed by atoms with E-state index in [1.807, 2.05) is 42.2 Å². The van der Waals surface area contributed by atoms with Crippen LogP contribution in [0.25, 0.3) is 0 Å². The lowest BCUT2D eigenvalue weighted by Crippen LogP contribution is -2.57. The molecule has 4 heterocycles. The molecule has 4 aliphatic heterocycles. The summed E-state index contributed by atoms with van der Waals surface area (Å²) < 4.78 is 5.59. The van der Waals surface area contributed by atoms with Crippen molar-refractivity contribution < 1.29 is 14.3 Å². The van der Waals surface area contributed by atoms with E-state index < -0.39 is 0 Å². The highest BCUT2D eigenvalue weighted by atomic mass is 16.5. The molecule has 1 atom stereocenters. The number of para-hydroxylation sites is 1. The largest absolute Gasteiger partial charge is 0.493 e. The van der Waals surface area contributed by atoms with Crippen LogP contribution in [0.4, 0.5) is 5.69 Å². The van der Waals surface area contributed by atoms with Gasteiger partial charge in [0, 0.05) is 19.1 Å². The van der Waals surface area contributed by atoms with Gasteiger partial charge in [0.2, 0.25) is 0 Å². The van der Waals surface area contributed by atoms with Crippen molar-refractivity contribution in [3.8, 4) is 5.75 Å². The van der Waals surface area contributed by atoms with Crippen molar-refractivity contribution >= 4 is 17.5 Å². The van der Waals surface area contributed by atoms with E-state index in [4.69, 9.17) is 4.74 Å². The number of benzene rings is 2. The lowest BCUT2D eigenvalue weighted by atomic mass is 9.83. The summed E-state index contributed by atoms with van der Waals surface area (Å²) >= 11 is 0. The third-order valence-electron chi connectivity index (χ3n) is 6.67. The lowest BCUT2D eigenvalue weighted by Gasteiger charge is -2.48. The van der Waals surface area contributed by atoms with Crippen molar-refractivity contribution in [2.24, 2.45) is 5.92 Å². The summed E-state index contributed by atoms with van der Waals surface area (Å²) in [6, 6.07) is 13.2. The highest BCUT2D eigenvalue weighted by Gasteiger charge is 2.43. The lowest BCUT2D eigenvalue weighted by molar-refractivity contribution is 0.00849. The molecule has 0 aliphatic carbocycles. The second-order valence-corrected chi connectivity index (χ2v) is 8.36. The zero-order chi connectivity index (χ0) is 20.7. The maximum absolute atomic E-state index is 13.4. The Hall–Kier alpha value is -2.86. The van der Waals surface area contributed by atoms with Gasteiger partial charge in [-0.15, -0.1) is 0 Å². The number of ether oxygens (including phenoxy) is 1. The average Bonchev–Trinajstić information content (AvgIpc) is 3.12. The fraction of sp³-hybridized carbons (Fsp3) is 0.417. The van der Waals surface area contributed by atoms with E-state index in [9.17, 15) is 9.59 Å². The number of hydrogen-bond donors (Lipinski definition) is 1. The van der Waals surface area contributed by atoms with Crippen LogP contribution in [-0.2, 0) is 6.54 Å². The first-order valence-corrected chi connectivity index (χ1v) is 10.8. The number of fused-ring (bicyclic) bond motifs is 4. The minimum absolute atomic E-state index is 0.0396. The average molecular weight is 405 g/mol. The number of hydrogen-bond acceptors (Lipinski definition) is 4. The predicted molar refractivity (Wildman–Crippen MR) is 115 cm³/mol. The number of piperidine rings is 3. The Morgan fingerprint density at radius 2 is 1.93 bits per heavy atom. The van der Waals surface area contributed by atoms with Gasteiger partial charge < -0.3 is 19.9 Å². The Morgan fingerprint density at radius 3 is 2.67 bits per heavy atom. The Balaban J connectivity index is 1.40. The summed E-state index contributed by atoms with van der Waals surface area (Å²) in [5.41, 5.74) is 2.68. The molecule has 0 unspecified atom stereocenters. The first kappa shape index (κ1) is 19.1. The maximum Gasteiger partial charge on any atom is 0.259 e. The SMILES string of the molecule is CCOc1ccccc1C(=O)Nc1cccc2c1C(=O)N([C@H]1CN3CCC1CC3)C2. The van der Waals surface area contributed by atoms with E-state index in [2.05, 4.69) is 10.2 Å². The van der Waals surface area contributed by atoms with E-state index in [1.54, 1.807) is 12.1 Å². The zero-order valence-corrected chi connectivity index (χ0v) is 17.3. The molecule has 156 valence electrons. The van der Waals surface area contributed by atoms with Gasteiger partial charge in [-0.05, 0) is 62.5 Å². The second kappa shape index (κ2) is 7.76. The molecule has 2 aromatic carbocycles. The molecule has 0 aromatic heterocycles. The smallest absolute Gasteiger partial charge is 0.259 e. The number of nitrogens with one attached hydrogen (secondary N) is 1. The van der Waals surface area contributed by atoms with Crippen LogP contribution in [0.5, 0.6) is 5.75 Å². The molecule has 2 amide bonds. The molecule has 6 nitrogen and oxygen atoms in total. The fourth-order valence-corrected chi connectivity index (χ4v) is 5.17. The number of nitrogens with zero attached hydrogens (tertiary/aromatic N) is 2. The van der Waals surface area contributed by atoms with Crippen LogP contribution in [0.15, 0.2) is 42.5 Å². The predicted octanol–water partition coefficient (Wildman–Crippen LogP) is 3.39. The van der Waals surface area contributed by atoms with Gasteiger partial charge in [0.05, 0.1) is 23.4 Å². The van der Waals surface area contributed by atoms with Crippen LogP contribution in [-0.4, -0.2) is 53.9 Å². The Bertz CT molecular complexity index is 981. The number of rotatable bonds is 5. The van der Waals surface area contributed by atoms with Gasteiger partial charge in [-0.1, -0.05) is 24.3 Å². The summed E-state index contributed by atoms with van der Waals surface area (Å²) in [6.45, 7) is 6.27. The van der Waals surface area contributed by atoms with E-state index in [1.165, 1.54) is 12.8 Å². The van der Waals surface area contributed by atoms with Gasteiger partial charge in [-0.2, -0.15) is 0 Å². The van der Waals surface area contributed by atoms with Crippen LogP contribution >= 0.6 is 0 Å². The third kappa shape index (κ3) is 3.25. The number of carbonyl (C=O) groups is 2. The zero-order valence-electron chi connectivity index (χ0n) is 17.3. The molecule has 4 aliphatic rings. The van der Waals surface area contributed by atoms with Crippen molar-refractivity contribution in [1.82, 2.24) is 9.80 Å². The standard InChI is InChI=1S/C24H27N3O3/c1-2-30-21-9-4-3-7-18(21)23(28)25-19-8-5-6-17-14-27(24(29)22(17)19)20-15-26-12-10-16(20)11-13-26/h3-9,16,20H,2,10-15H2,1H3,(H,25,28)/t20-/m0/s1. The molecule has 6 heteroatoms. The molecule has 0 saturated carbocycles. The van der Waals surface area contributed by atoms with E-state index >= 15 is 0 Å². The Kier molecular flexibility index (Phi) is 4.95. The third-order valence-corrected chi connectivity index (χ3v) is 6.67. The summed E-state index contributed by atoms with van der Waals surface area (Å²) in [6.07, 6.45) is 2.34. The summed E-state index contributed by atoms with van der Waals surface area (Å²) in [7, 11) is 0. The Labute approximate surface area is 176 Å². The molecule has 0 radical (unpaired) electrons. The highest BCUT2D eigenvalue weighted by Crippen LogP contribution is 2.37. The summed E-state index contributed by atoms with van der Waals surface area (Å²) in [5, 5.41) is 2.97. The van der Waals surface area contributed by atoms with E-state index in [0.717, 1.165) is 25.2 Å². The number of amides is 2. The van der Waals surface area contributed by atoms with E-state index in [0.29, 0.717) is 41.6 Å². The van der Waals surface area contributed by atoms with Gasteiger partial charge in [0.25, 0.3) is 11.8 Å². The maximum atomic E-state index is 13.4. The van der Waals surface area contributed by atoms with Gasteiger partial charge >= 0.3 is 0 Å². The molecule has 3 saturated heterocycles. The van der Waals surface area contributed by atoms with Crippen LogP contribution < -0.4 is 10.1 Å². The molecule has 30 heavy (non-hydrogen) atoms. The first-order chi connectivity index (χ1) is 14.7. The molecule has 2 bridgehead atoms. The minimum Gasteiger partial charge on any atom is -0.493 e. The van der Waals surface area contributed by atoms with Crippen LogP contribution in [0.2, 0.25) is 0 Å². The topological polar surface area (TPSA) is 61.9 Å². The van der Waals surface area contributed by atoms with Crippen LogP contribution in [0.1, 0.15) is 46.0 Å². The molecule has 0 spiro atoms. The van der Waals surface area contributed by atoms with Crippen molar-refractivity contribution in [3.05, 3.63) is 59.2 Å². The molecule has 6 rings (SSSR count). The summed E-state index contributed by atoms with van der Waals surface area (Å²) in [5.74, 6) is 0.911. The molecule has 2 aromatic rings. The van der Waals surface area contributed by atoms with Crippen molar-refractivity contribution in [2.45, 2.75) is 32.4 Å². The Morgan fingerprint density at radius 1 is 1.13 bits per heavy atom. The normalized spacial score (nSPS) is 24.6. The van der Waals surface area contributed by atoms with Gasteiger partial charge in [0.15, 0.2) is 0 Å². The number of anilines is 1. The first-order valence-electron chi connectivity index (χ1n) is 10.8. The van der Waals surface area contributed by atoms with Crippen molar-refractivity contribution in [3.63, 3.8) is 0 Å².